The van der Waals surface area contributed by atoms with Crippen LogP contribution in [0.3, 0.4) is 0 Å². The van der Waals surface area contributed by atoms with Crippen LogP contribution < -0.4 is 10.5 Å². The monoisotopic (exact) mass is 476 g/mol. The Labute approximate surface area is 190 Å². The Balaban J connectivity index is 1.43. The van der Waals surface area contributed by atoms with Gasteiger partial charge in [0.1, 0.15) is 10.6 Å². The summed E-state index contributed by atoms with van der Waals surface area (Å²) in [6, 6.07) is 11.2. The lowest BCUT2D eigenvalue weighted by atomic mass is 10.2. The molecule has 0 unspecified atom stereocenters. The molecule has 10 nitrogen and oxygen atoms in total. The molecule has 1 aromatic heterocycles. The number of hydrogen-bond donors (Lipinski definition) is 0. The number of benzene rings is 2. The highest BCUT2D eigenvalue weighted by molar-refractivity contribution is 7.89. The van der Waals surface area contributed by atoms with Gasteiger partial charge in [0.25, 0.3) is 0 Å². The number of fused-ring (bicyclic) bond motifs is 1. The molecule has 1 aliphatic rings. The van der Waals surface area contributed by atoms with Crippen molar-refractivity contribution in [2.45, 2.75) is 17.9 Å². The van der Waals surface area contributed by atoms with Crippen LogP contribution >= 0.6 is 0 Å². The van der Waals surface area contributed by atoms with E-state index in [-0.39, 0.29) is 35.9 Å². The highest BCUT2D eigenvalue weighted by Gasteiger charge is 2.30. The molecule has 1 fully saturated rings. The van der Waals surface area contributed by atoms with E-state index in [1.54, 1.807) is 24.3 Å². The van der Waals surface area contributed by atoms with Crippen LogP contribution in [-0.4, -0.2) is 63.3 Å². The Morgan fingerprint density at radius 2 is 1.88 bits per heavy atom. The van der Waals surface area contributed by atoms with E-state index in [4.69, 9.17) is 18.6 Å². The van der Waals surface area contributed by atoms with Crippen LogP contribution in [0.2, 0.25) is 0 Å². The van der Waals surface area contributed by atoms with Crippen LogP contribution in [0.15, 0.2) is 56.6 Å². The number of hydrogen-bond acceptors (Lipinski definition) is 8. The van der Waals surface area contributed by atoms with Gasteiger partial charge in [0.2, 0.25) is 10.0 Å². The van der Waals surface area contributed by atoms with Crippen LogP contribution in [0, 0.1) is 0 Å². The topological polar surface area (TPSA) is 117 Å². The number of para-hydroxylation sites is 2. The van der Waals surface area contributed by atoms with Crippen molar-refractivity contribution in [1.29, 1.82) is 0 Å². The maximum atomic E-state index is 13.1. The van der Waals surface area contributed by atoms with Crippen molar-refractivity contribution >= 4 is 27.1 Å². The molecule has 3 aromatic rings. The first kappa shape index (κ1) is 23.0. The second-order valence-electron chi connectivity index (χ2n) is 7.36. The summed E-state index contributed by atoms with van der Waals surface area (Å²) in [5.41, 5.74) is 1.25. The molecule has 0 saturated carbocycles. The molecule has 4 rings (SSSR count). The Morgan fingerprint density at radius 3 is 2.64 bits per heavy atom. The molecule has 0 aliphatic carbocycles. The van der Waals surface area contributed by atoms with E-state index < -0.39 is 21.7 Å². The molecule has 2 heterocycles. The van der Waals surface area contributed by atoms with E-state index in [2.05, 4.69) is 0 Å². The molecule has 0 spiro atoms. The summed E-state index contributed by atoms with van der Waals surface area (Å²) in [5, 5.41) is 0. The Bertz CT molecular complexity index is 1310. The summed E-state index contributed by atoms with van der Waals surface area (Å²) in [4.78, 5) is 24.5. The molecule has 0 bridgehead atoms. The van der Waals surface area contributed by atoms with Gasteiger partial charge in [0.15, 0.2) is 5.58 Å². The smallest absolute Gasteiger partial charge is 0.419 e. The number of carbonyl (C=O) groups is 1. The number of esters is 1. The number of rotatable bonds is 8. The Kier molecular flexibility index (Phi) is 6.82. The molecule has 1 saturated heterocycles. The van der Waals surface area contributed by atoms with Crippen molar-refractivity contribution in [3.8, 4) is 5.75 Å². The fraction of sp³-hybridized carbons (Fsp3) is 0.364. The van der Waals surface area contributed by atoms with E-state index in [0.717, 1.165) is 0 Å². The number of nitrogens with zero attached hydrogens (tertiary/aromatic N) is 2. The first-order chi connectivity index (χ1) is 15.9. The highest BCUT2D eigenvalue weighted by Crippen LogP contribution is 2.28. The van der Waals surface area contributed by atoms with Crippen molar-refractivity contribution in [3.05, 3.63) is 58.6 Å². The third-order valence-electron chi connectivity index (χ3n) is 5.32. The zero-order valence-corrected chi connectivity index (χ0v) is 18.9. The molecule has 0 amide bonds. The van der Waals surface area contributed by atoms with Gasteiger partial charge in [-0.25, -0.2) is 18.0 Å². The van der Waals surface area contributed by atoms with Crippen LogP contribution in [0.4, 0.5) is 0 Å². The summed E-state index contributed by atoms with van der Waals surface area (Å²) >= 11 is 0. The van der Waals surface area contributed by atoms with Gasteiger partial charge in [-0.1, -0.05) is 12.1 Å². The van der Waals surface area contributed by atoms with E-state index in [9.17, 15) is 18.0 Å². The van der Waals surface area contributed by atoms with Gasteiger partial charge in [-0.2, -0.15) is 4.31 Å². The average Bonchev–Trinajstić information content (AvgIpc) is 3.16. The van der Waals surface area contributed by atoms with Gasteiger partial charge in [-0.3, -0.25) is 4.57 Å². The Morgan fingerprint density at radius 1 is 1.12 bits per heavy atom. The third kappa shape index (κ3) is 4.80. The predicted molar refractivity (Wildman–Crippen MR) is 118 cm³/mol. The molecule has 33 heavy (non-hydrogen) atoms. The predicted octanol–water partition coefficient (Wildman–Crippen LogP) is 1.87. The second kappa shape index (κ2) is 9.77. The number of aromatic nitrogens is 1. The summed E-state index contributed by atoms with van der Waals surface area (Å²) in [6.07, 6.45) is 0.379. The normalized spacial score (nSPS) is 14.9. The first-order valence-corrected chi connectivity index (χ1v) is 11.9. The lowest BCUT2D eigenvalue weighted by Crippen LogP contribution is -2.40. The van der Waals surface area contributed by atoms with Crippen LogP contribution in [0.25, 0.3) is 11.1 Å². The largest absolute Gasteiger partial charge is 0.495 e. The Hall–Kier alpha value is -3.15. The number of methoxy groups -OCH3 is 1. The maximum Gasteiger partial charge on any atom is 0.419 e. The minimum atomic E-state index is -3.87. The number of ether oxygens (including phenoxy) is 3. The highest BCUT2D eigenvalue weighted by atomic mass is 32.2. The zero-order valence-electron chi connectivity index (χ0n) is 18.1. The number of oxazole rings is 1. The minimum Gasteiger partial charge on any atom is -0.495 e. The molecular formula is C22H24N2O8S. The summed E-state index contributed by atoms with van der Waals surface area (Å²) in [5.74, 6) is -1.000. The van der Waals surface area contributed by atoms with E-state index in [1.165, 1.54) is 34.2 Å². The van der Waals surface area contributed by atoms with Crippen LogP contribution in [-0.2, 0) is 26.0 Å². The first-order valence-electron chi connectivity index (χ1n) is 10.4. The molecular weight excluding hydrogens is 452 g/mol. The maximum absolute atomic E-state index is 13.1. The molecule has 0 radical (unpaired) electrons. The van der Waals surface area contributed by atoms with Crippen molar-refractivity contribution in [1.82, 2.24) is 8.87 Å². The zero-order chi connectivity index (χ0) is 23.4. The second-order valence-corrected chi connectivity index (χ2v) is 9.27. The molecule has 1 aliphatic heterocycles. The van der Waals surface area contributed by atoms with Gasteiger partial charge in [0, 0.05) is 19.6 Å². The minimum absolute atomic E-state index is 0.0440. The van der Waals surface area contributed by atoms with Gasteiger partial charge in [-0.15, -0.1) is 0 Å². The number of carbonyl (C=O) groups excluding carboxylic acids is 1. The molecule has 176 valence electrons. The number of sulfonamides is 1. The van der Waals surface area contributed by atoms with E-state index in [1.807, 2.05) is 0 Å². The van der Waals surface area contributed by atoms with Gasteiger partial charge in [-0.05, 0) is 36.8 Å². The molecule has 0 N–H and O–H groups in total. The summed E-state index contributed by atoms with van der Waals surface area (Å²) in [7, 11) is -2.50. The van der Waals surface area contributed by atoms with Crippen molar-refractivity contribution in [2.75, 3.05) is 40.0 Å². The fourth-order valence-electron chi connectivity index (χ4n) is 3.63. The van der Waals surface area contributed by atoms with Crippen LogP contribution in [0.1, 0.15) is 16.8 Å². The number of aryl methyl sites for hydroxylation is 1. The van der Waals surface area contributed by atoms with Gasteiger partial charge < -0.3 is 18.6 Å². The lowest BCUT2D eigenvalue weighted by Gasteiger charge is -2.26. The lowest BCUT2D eigenvalue weighted by molar-refractivity contribution is 0.0495. The van der Waals surface area contributed by atoms with Crippen molar-refractivity contribution in [3.63, 3.8) is 0 Å². The van der Waals surface area contributed by atoms with Crippen molar-refractivity contribution < 1.29 is 31.8 Å². The molecule has 2 aromatic carbocycles. The molecule has 0 atom stereocenters. The standard InChI is InChI=1S/C22H24N2O8S/c1-29-19-8-7-16(15-20(19)33(27,28)23-10-13-30-14-11-23)21(25)31-12-4-9-24-17-5-2-3-6-18(17)32-22(24)26/h2-3,5-8,15H,4,9-14H2,1H3. The van der Waals surface area contributed by atoms with Gasteiger partial charge >= 0.3 is 11.7 Å². The third-order valence-corrected chi connectivity index (χ3v) is 7.24. The number of morpholine rings is 1. The summed E-state index contributed by atoms with van der Waals surface area (Å²) in [6.45, 7) is 1.41. The SMILES string of the molecule is COc1ccc(C(=O)OCCCn2c(=O)oc3ccccc32)cc1S(=O)(=O)N1CCOCC1. The average molecular weight is 477 g/mol. The fourth-order valence-corrected chi connectivity index (χ4v) is 5.22. The van der Waals surface area contributed by atoms with E-state index >= 15 is 0 Å². The van der Waals surface area contributed by atoms with E-state index in [0.29, 0.717) is 37.3 Å². The summed E-state index contributed by atoms with van der Waals surface area (Å²) < 4.78 is 49.8. The van der Waals surface area contributed by atoms with Gasteiger partial charge in [0.05, 0.1) is 38.0 Å². The van der Waals surface area contributed by atoms with Crippen LogP contribution in [0.5, 0.6) is 5.75 Å². The quantitative estimate of drug-likeness (QED) is 0.357. The molecule has 11 heteroatoms. The van der Waals surface area contributed by atoms with Crippen molar-refractivity contribution in [2.24, 2.45) is 0 Å².